The Bertz CT molecular complexity index is 975. The molecule has 0 aliphatic rings. The highest BCUT2D eigenvalue weighted by atomic mass is 127. The smallest absolute Gasteiger partial charge is 0.357 e. The quantitative estimate of drug-likeness (QED) is 0.358. The first-order valence-electron chi connectivity index (χ1n) is 7.85. The molecular weight excluding hydrogens is 543 g/mol. The number of methoxy groups -OCH3 is 1. The summed E-state index contributed by atoms with van der Waals surface area (Å²) in [6, 6.07) is 22.7. The topological polar surface area (TPSA) is 66.4 Å². The van der Waals surface area contributed by atoms with E-state index in [2.05, 4.69) is 58.4 Å². The Kier molecular flexibility index (Phi) is 8.28. The van der Waals surface area contributed by atoms with Crippen molar-refractivity contribution >= 4 is 26.0 Å². The van der Waals surface area contributed by atoms with Gasteiger partial charge in [-0.1, -0.05) is 35.9 Å². The molecule has 0 heterocycles. The highest BCUT2D eigenvalue weighted by Gasteiger charge is 2.16. The minimum Gasteiger partial charge on any atom is -0.744 e. The highest BCUT2D eigenvalue weighted by Crippen LogP contribution is 2.22. The molecule has 3 aromatic rings. The van der Waals surface area contributed by atoms with E-state index in [1.807, 2.05) is 13.0 Å². The Hall–Kier alpha value is -1.42. The van der Waals surface area contributed by atoms with E-state index >= 15 is 0 Å². The number of rotatable bonds is 4. The van der Waals surface area contributed by atoms with E-state index in [0.717, 1.165) is 15.8 Å². The van der Waals surface area contributed by atoms with Gasteiger partial charge in [0.1, 0.15) is 15.9 Å². The Morgan fingerprint density at radius 3 is 2.07 bits per heavy atom. The van der Waals surface area contributed by atoms with Crippen molar-refractivity contribution in [3.8, 4) is 5.75 Å². The van der Waals surface area contributed by atoms with Crippen LogP contribution in [0.1, 0.15) is 5.56 Å². The Morgan fingerprint density at radius 1 is 0.926 bits per heavy atom. The first-order valence-corrected chi connectivity index (χ1v) is 12.2. The fourth-order valence-electron chi connectivity index (χ4n) is 2.01. The monoisotopic (exact) mass is 560 g/mol. The predicted molar refractivity (Wildman–Crippen MR) is 104 cm³/mol. The van der Waals surface area contributed by atoms with Crippen molar-refractivity contribution in [1.29, 1.82) is 0 Å². The summed E-state index contributed by atoms with van der Waals surface area (Å²) >= 11 is 3.42. The SMILES string of the molecule is COc1ccc([I+]c2ccccc2)cc1Br.Cc1ccc(S(=O)(=O)[O-])cc1. The summed E-state index contributed by atoms with van der Waals surface area (Å²) in [5.41, 5.74) is 0.928. The van der Waals surface area contributed by atoms with Gasteiger partial charge in [0, 0.05) is 6.07 Å². The molecule has 0 N–H and O–H groups in total. The average molecular weight is 561 g/mol. The summed E-state index contributed by atoms with van der Waals surface area (Å²) in [6.45, 7) is 1.82. The number of hydrogen-bond donors (Lipinski definition) is 0. The van der Waals surface area contributed by atoms with Gasteiger partial charge in [0.05, 0.1) is 16.5 Å². The van der Waals surface area contributed by atoms with Crippen LogP contribution in [-0.2, 0) is 10.1 Å². The van der Waals surface area contributed by atoms with Crippen LogP contribution in [-0.4, -0.2) is 20.1 Å². The summed E-state index contributed by atoms with van der Waals surface area (Å²) in [5, 5.41) is 0. The molecule has 27 heavy (non-hydrogen) atoms. The van der Waals surface area contributed by atoms with Gasteiger partial charge in [0.2, 0.25) is 0 Å². The average Bonchev–Trinajstić information content (AvgIpc) is 2.63. The predicted octanol–water partition coefficient (Wildman–Crippen LogP) is 1.49. The first kappa shape index (κ1) is 21.9. The lowest BCUT2D eigenvalue weighted by molar-refractivity contribution is -0.597. The zero-order valence-electron chi connectivity index (χ0n) is 14.7. The van der Waals surface area contributed by atoms with Gasteiger partial charge in [-0.05, 0) is 59.3 Å². The van der Waals surface area contributed by atoms with Crippen molar-refractivity contribution in [3.05, 3.63) is 90.0 Å². The Balaban J connectivity index is 0.000000208. The van der Waals surface area contributed by atoms with Crippen LogP contribution in [0.2, 0.25) is 0 Å². The van der Waals surface area contributed by atoms with Crippen molar-refractivity contribution in [2.75, 3.05) is 7.11 Å². The van der Waals surface area contributed by atoms with Crippen LogP contribution in [0, 0.1) is 14.1 Å². The molecule has 0 aliphatic carbocycles. The number of hydrogen-bond acceptors (Lipinski definition) is 4. The van der Waals surface area contributed by atoms with Crippen LogP contribution in [0.5, 0.6) is 5.75 Å². The Labute approximate surface area is 178 Å². The zero-order chi connectivity index (χ0) is 19.9. The van der Waals surface area contributed by atoms with E-state index in [1.165, 1.54) is 19.3 Å². The van der Waals surface area contributed by atoms with Gasteiger partial charge in [-0.2, -0.15) is 0 Å². The van der Waals surface area contributed by atoms with Crippen molar-refractivity contribution < 1.29 is 38.9 Å². The minimum atomic E-state index is -4.27. The van der Waals surface area contributed by atoms with Crippen LogP contribution >= 0.6 is 15.9 Å². The second-order valence-electron chi connectivity index (χ2n) is 5.44. The van der Waals surface area contributed by atoms with Crippen molar-refractivity contribution in [3.63, 3.8) is 0 Å². The van der Waals surface area contributed by atoms with Gasteiger partial charge in [-0.25, -0.2) is 8.42 Å². The number of aryl methyl sites for hydroxylation is 1. The molecule has 0 aromatic heterocycles. The third kappa shape index (κ3) is 7.25. The number of benzene rings is 3. The van der Waals surface area contributed by atoms with Crippen LogP contribution in [0.25, 0.3) is 0 Å². The van der Waals surface area contributed by atoms with Gasteiger partial charge in [-0.15, -0.1) is 0 Å². The third-order valence-electron chi connectivity index (χ3n) is 3.37. The molecule has 0 saturated carbocycles. The van der Waals surface area contributed by atoms with Crippen LogP contribution < -0.4 is 25.9 Å². The summed E-state index contributed by atoms with van der Waals surface area (Å²) in [5.74, 6) is 0.890. The van der Waals surface area contributed by atoms with Gasteiger partial charge in [0.25, 0.3) is 0 Å². The van der Waals surface area contributed by atoms with Gasteiger partial charge in [0.15, 0.2) is 7.14 Å². The molecule has 0 atom stereocenters. The molecule has 0 spiro atoms. The maximum absolute atomic E-state index is 10.4. The summed E-state index contributed by atoms with van der Waals surface area (Å²) in [6.07, 6.45) is 0. The van der Waals surface area contributed by atoms with E-state index < -0.39 is 10.1 Å². The molecule has 0 amide bonds. The molecule has 142 valence electrons. The van der Waals surface area contributed by atoms with Crippen LogP contribution in [0.4, 0.5) is 0 Å². The number of ether oxygens (including phenoxy) is 1. The fraction of sp³-hybridized carbons (Fsp3) is 0.100. The van der Waals surface area contributed by atoms with Crippen molar-refractivity contribution in [1.82, 2.24) is 0 Å². The van der Waals surface area contributed by atoms with E-state index in [9.17, 15) is 13.0 Å². The molecule has 0 fully saturated rings. The second-order valence-corrected chi connectivity index (χ2v) is 10.7. The third-order valence-corrected chi connectivity index (χ3v) is 7.48. The van der Waals surface area contributed by atoms with Gasteiger partial charge in [-0.3, -0.25) is 0 Å². The minimum absolute atomic E-state index is 0.0917. The summed E-state index contributed by atoms with van der Waals surface area (Å²) < 4.78 is 40.2. The summed E-state index contributed by atoms with van der Waals surface area (Å²) in [7, 11) is -2.58. The highest BCUT2D eigenvalue weighted by molar-refractivity contribution is 9.10. The molecule has 4 nitrogen and oxygen atoms in total. The molecule has 3 aromatic carbocycles. The molecule has 0 unspecified atom stereocenters. The van der Waals surface area contributed by atoms with E-state index in [0.29, 0.717) is 0 Å². The molecule has 0 aliphatic heterocycles. The van der Waals surface area contributed by atoms with Gasteiger partial charge < -0.3 is 9.29 Å². The Morgan fingerprint density at radius 2 is 1.56 bits per heavy atom. The molecule has 0 radical (unpaired) electrons. The van der Waals surface area contributed by atoms with E-state index in [-0.39, 0.29) is 26.1 Å². The van der Waals surface area contributed by atoms with E-state index in [4.69, 9.17) is 4.74 Å². The molecule has 0 bridgehead atoms. The molecule has 7 heteroatoms. The normalized spacial score (nSPS) is 10.7. The lowest BCUT2D eigenvalue weighted by Gasteiger charge is -2.05. The standard InChI is InChI=1S/C13H11BrIO.C7H8O3S/c1-16-13-8-7-11(9-12(13)14)15-10-5-3-2-4-6-10;1-6-2-4-7(5-3-6)11(8,9)10/h2-9H,1H3;2-5H,1H3,(H,8,9,10)/q+1;/p-1. The largest absolute Gasteiger partial charge is 0.744 e. The van der Waals surface area contributed by atoms with Crippen LogP contribution in [0.3, 0.4) is 0 Å². The van der Waals surface area contributed by atoms with Gasteiger partial charge >= 0.3 is 21.2 Å². The molecular formula is C20H18BrIO4S. The zero-order valence-corrected chi connectivity index (χ0v) is 19.3. The second kappa shape index (κ2) is 10.2. The summed E-state index contributed by atoms with van der Waals surface area (Å²) in [4.78, 5) is -0.178. The lowest BCUT2D eigenvalue weighted by Crippen LogP contribution is -3.61. The van der Waals surface area contributed by atoms with Crippen molar-refractivity contribution in [2.45, 2.75) is 11.8 Å². The van der Waals surface area contributed by atoms with Crippen molar-refractivity contribution in [2.24, 2.45) is 0 Å². The lowest BCUT2D eigenvalue weighted by atomic mass is 10.2. The maximum atomic E-state index is 10.4. The van der Waals surface area contributed by atoms with Crippen LogP contribution in [0.15, 0.2) is 82.2 Å². The number of halogens is 2. The molecule has 0 saturated heterocycles. The maximum Gasteiger partial charge on any atom is 0.357 e. The molecule has 3 rings (SSSR count). The first-order chi connectivity index (χ1) is 12.8. The fourth-order valence-corrected chi connectivity index (χ4v) is 5.77. The van der Waals surface area contributed by atoms with E-state index in [1.54, 1.807) is 19.2 Å².